The van der Waals surface area contributed by atoms with Crippen LogP contribution in [-0.2, 0) is 16.0 Å². The molecule has 1 unspecified atom stereocenters. The summed E-state index contributed by atoms with van der Waals surface area (Å²) in [7, 11) is 0. The fourth-order valence-electron chi connectivity index (χ4n) is 9.77. The van der Waals surface area contributed by atoms with Crippen LogP contribution < -0.4 is 5.32 Å². The summed E-state index contributed by atoms with van der Waals surface area (Å²) in [5.74, 6) is 2.31. The first-order chi connectivity index (χ1) is 19.3. The Kier molecular flexibility index (Phi) is 8.51. The molecule has 4 aliphatic rings. The number of fused-ring (bicyclic) bond motifs is 5. The number of aliphatic hydroxyl groups is 1. The number of aliphatic hydroxyl groups excluding tert-OH is 1. The van der Waals surface area contributed by atoms with Crippen LogP contribution in [-0.4, -0.2) is 46.6 Å². The summed E-state index contributed by atoms with van der Waals surface area (Å²) < 4.78 is 0. The Morgan fingerprint density at radius 2 is 1.78 bits per heavy atom. The van der Waals surface area contributed by atoms with E-state index in [0.717, 1.165) is 38.5 Å². The highest BCUT2D eigenvalue weighted by Gasteiger charge is 2.59. The molecular weight excluding hydrogens is 508 g/mol. The number of amides is 2. The molecule has 0 saturated heterocycles. The number of hydrogen-bond donors (Lipinski definition) is 2. The van der Waals surface area contributed by atoms with Crippen molar-refractivity contribution in [3.05, 3.63) is 47.5 Å². The largest absolute Gasteiger partial charge is 0.393 e. The molecule has 2 amide bonds. The first-order valence-electron chi connectivity index (χ1n) is 16.3. The number of carbonyl (C=O) groups excluding carboxylic acids is 2. The van der Waals surface area contributed by atoms with E-state index in [1.165, 1.54) is 30.4 Å². The van der Waals surface area contributed by atoms with Crippen LogP contribution >= 0.6 is 0 Å². The molecule has 4 aliphatic carbocycles. The maximum Gasteiger partial charge on any atom is 0.240 e. The second-order valence-electron chi connectivity index (χ2n) is 15.5. The second kappa shape index (κ2) is 11.5. The highest BCUT2D eigenvalue weighted by Crippen LogP contribution is 2.67. The fourth-order valence-corrected chi connectivity index (χ4v) is 9.77. The van der Waals surface area contributed by atoms with Gasteiger partial charge in [0.05, 0.1) is 12.6 Å². The summed E-state index contributed by atoms with van der Waals surface area (Å²) in [4.78, 5) is 29.1. The van der Waals surface area contributed by atoms with Gasteiger partial charge in [-0.15, -0.1) is 0 Å². The highest BCUT2D eigenvalue weighted by molar-refractivity contribution is 5.86. The SMILES string of the molecule is CC(C(=O)N(CCc1ccccc1)CC(=O)NC(C)(C)C)[C@H]1CC[C@H]2[C@@H]3CC=C4C[C@@H](O)CC[C@]4(C)[C@H]3CC[C@]12C. The van der Waals surface area contributed by atoms with Crippen LogP contribution in [0.1, 0.15) is 98.5 Å². The van der Waals surface area contributed by atoms with E-state index in [9.17, 15) is 14.7 Å². The van der Waals surface area contributed by atoms with Crippen LogP contribution in [0, 0.1) is 40.4 Å². The number of nitrogens with one attached hydrogen (secondary N) is 1. The van der Waals surface area contributed by atoms with Crippen molar-refractivity contribution in [3.63, 3.8) is 0 Å². The summed E-state index contributed by atoms with van der Waals surface area (Å²) in [6.07, 6.45) is 11.8. The first kappa shape index (κ1) is 30.3. The van der Waals surface area contributed by atoms with E-state index in [0.29, 0.717) is 30.2 Å². The monoisotopic (exact) mass is 562 g/mol. The standard InChI is InChI=1S/C36H54N2O3/c1-24(33(41)38(23-32(40)37-34(2,3)4)21-18-25-10-8-7-9-11-25)29-14-15-30-28-13-12-26-22-27(39)16-19-35(26,5)31(28)17-20-36(29,30)6/h7-12,24,27-31,39H,13-23H2,1-6H3,(H,37,40)/t24?,27-,28-,29+,30-,31-,35-,36+/m0/s1. The minimum Gasteiger partial charge on any atom is -0.393 e. The van der Waals surface area contributed by atoms with Gasteiger partial charge < -0.3 is 15.3 Å². The molecular formula is C36H54N2O3. The predicted molar refractivity (Wildman–Crippen MR) is 165 cm³/mol. The number of nitrogens with zero attached hydrogens (tertiary/aromatic N) is 1. The van der Waals surface area contributed by atoms with Gasteiger partial charge in [-0.1, -0.05) is 62.8 Å². The van der Waals surface area contributed by atoms with Gasteiger partial charge in [0.15, 0.2) is 0 Å². The molecule has 3 fully saturated rings. The van der Waals surface area contributed by atoms with Crippen molar-refractivity contribution >= 4 is 11.8 Å². The zero-order chi connectivity index (χ0) is 29.6. The van der Waals surface area contributed by atoms with Crippen LogP contribution in [0.15, 0.2) is 42.0 Å². The molecule has 0 aromatic heterocycles. The Morgan fingerprint density at radius 1 is 1.05 bits per heavy atom. The van der Waals surface area contributed by atoms with Gasteiger partial charge in [-0.25, -0.2) is 0 Å². The first-order valence-corrected chi connectivity index (χ1v) is 16.3. The Labute approximate surface area is 248 Å². The molecule has 5 heteroatoms. The highest BCUT2D eigenvalue weighted by atomic mass is 16.3. The zero-order valence-electron chi connectivity index (χ0n) is 26.4. The van der Waals surface area contributed by atoms with Crippen LogP contribution in [0.4, 0.5) is 0 Å². The molecule has 0 radical (unpaired) electrons. The van der Waals surface area contributed by atoms with Crippen LogP contribution in [0.5, 0.6) is 0 Å². The van der Waals surface area contributed by atoms with Crippen LogP contribution in [0.3, 0.4) is 0 Å². The minimum absolute atomic E-state index is 0.0854. The predicted octanol–water partition coefficient (Wildman–Crippen LogP) is 6.55. The molecule has 0 heterocycles. The summed E-state index contributed by atoms with van der Waals surface area (Å²) in [6, 6.07) is 10.3. The van der Waals surface area contributed by atoms with Gasteiger partial charge in [-0.2, -0.15) is 0 Å². The van der Waals surface area contributed by atoms with Gasteiger partial charge in [-0.3, -0.25) is 9.59 Å². The van der Waals surface area contributed by atoms with Crippen LogP contribution in [0.2, 0.25) is 0 Å². The molecule has 8 atom stereocenters. The maximum absolute atomic E-state index is 14.2. The number of carbonyl (C=O) groups is 2. The minimum atomic E-state index is -0.330. The molecule has 2 N–H and O–H groups in total. The van der Waals surface area contributed by atoms with Gasteiger partial charge in [0.2, 0.25) is 11.8 Å². The Bertz CT molecular complexity index is 1140. The third-order valence-electron chi connectivity index (χ3n) is 11.8. The van der Waals surface area contributed by atoms with Crippen LogP contribution in [0.25, 0.3) is 0 Å². The van der Waals surface area contributed by atoms with Crippen molar-refractivity contribution in [2.45, 2.75) is 111 Å². The molecule has 0 spiro atoms. The lowest BCUT2D eigenvalue weighted by Crippen LogP contribution is -2.52. The lowest BCUT2D eigenvalue weighted by molar-refractivity contribution is -0.143. The number of allylic oxidation sites excluding steroid dienone is 1. The number of hydrogen-bond acceptors (Lipinski definition) is 3. The van der Waals surface area contributed by atoms with Crippen molar-refractivity contribution in [3.8, 4) is 0 Å². The van der Waals surface area contributed by atoms with Crippen molar-refractivity contribution < 1.29 is 14.7 Å². The molecule has 226 valence electrons. The number of benzene rings is 1. The lowest BCUT2D eigenvalue weighted by atomic mass is 9.47. The fraction of sp³-hybridized carbons (Fsp3) is 0.722. The third kappa shape index (κ3) is 6.03. The average Bonchev–Trinajstić information content (AvgIpc) is 3.27. The Balaban J connectivity index is 1.32. The van der Waals surface area contributed by atoms with E-state index in [4.69, 9.17) is 0 Å². The molecule has 41 heavy (non-hydrogen) atoms. The van der Waals surface area contributed by atoms with Gasteiger partial charge in [-0.05, 0) is 119 Å². The van der Waals surface area contributed by atoms with Crippen molar-refractivity contribution in [1.82, 2.24) is 10.2 Å². The van der Waals surface area contributed by atoms with E-state index < -0.39 is 0 Å². The summed E-state index contributed by atoms with van der Waals surface area (Å²) in [5, 5.41) is 13.4. The van der Waals surface area contributed by atoms with Gasteiger partial charge in [0.1, 0.15) is 0 Å². The lowest BCUT2D eigenvalue weighted by Gasteiger charge is -2.58. The van der Waals surface area contributed by atoms with E-state index in [1.807, 2.05) is 43.9 Å². The molecule has 3 saturated carbocycles. The van der Waals surface area contributed by atoms with E-state index in [2.05, 4.69) is 44.3 Å². The molecule has 5 nitrogen and oxygen atoms in total. The quantitative estimate of drug-likeness (QED) is 0.370. The van der Waals surface area contributed by atoms with E-state index in [1.54, 1.807) is 0 Å². The number of rotatable bonds is 7. The molecule has 1 aromatic carbocycles. The second-order valence-corrected chi connectivity index (χ2v) is 15.5. The van der Waals surface area contributed by atoms with Gasteiger partial charge >= 0.3 is 0 Å². The van der Waals surface area contributed by atoms with Crippen molar-refractivity contribution in [2.75, 3.05) is 13.1 Å². The smallest absolute Gasteiger partial charge is 0.240 e. The topological polar surface area (TPSA) is 69.6 Å². The van der Waals surface area contributed by atoms with Gasteiger partial charge in [0.25, 0.3) is 0 Å². The summed E-state index contributed by atoms with van der Waals surface area (Å²) in [5.41, 5.74) is 2.77. The third-order valence-corrected chi connectivity index (χ3v) is 11.8. The Hall–Kier alpha value is -2.14. The normalized spacial score (nSPS) is 35.4. The molecule has 0 bridgehead atoms. The van der Waals surface area contributed by atoms with Crippen molar-refractivity contribution in [2.24, 2.45) is 40.4 Å². The Morgan fingerprint density at radius 3 is 2.49 bits per heavy atom. The average molecular weight is 563 g/mol. The molecule has 1 aromatic rings. The molecule has 5 rings (SSSR count). The molecule has 0 aliphatic heterocycles. The van der Waals surface area contributed by atoms with E-state index in [-0.39, 0.29) is 46.7 Å². The van der Waals surface area contributed by atoms with E-state index >= 15 is 0 Å². The van der Waals surface area contributed by atoms with Crippen molar-refractivity contribution in [1.29, 1.82) is 0 Å². The zero-order valence-corrected chi connectivity index (χ0v) is 26.4. The van der Waals surface area contributed by atoms with Gasteiger partial charge in [0, 0.05) is 18.0 Å². The summed E-state index contributed by atoms with van der Waals surface area (Å²) in [6.45, 7) is 13.7. The summed E-state index contributed by atoms with van der Waals surface area (Å²) >= 11 is 0. The maximum atomic E-state index is 14.2.